The van der Waals surface area contributed by atoms with Crippen LogP contribution in [-0.2, 0) is 0 Å². The molecule has 0 fully saturated rings. The number of ether oxygens (including phenoxy) is 2. The van der Waals surface area contributed by atoms with E-state index < -0.39 is 0 Å². The standard InChI is InChI=1S/C21H20BrN3O2/c1-4-7-27-20-16(22)10-14(11-19(20)26-3)9-15(12-23)21-24-17-6-5-13(2)8-18(17)25-21/h5-6,8-11H,4,7H2,1-3H3,(H,24,25). The van der Waals surface area contributed by atoms with Gasteiger partial charge in [-0.2, -0.15) is 5.26 Å². The first-order valence-corrected chi connectivity index (χ1v) is 9.44. The highest BCUT2D eigenvalue weighted by molar-refractivity contribution is 9.10. The van der Waals surface area contributed by atoms with Gasteiger partial charge in [-0.15, -0.1) is 0 Å². The van der Waals surface area contributed by atoms with Crippen molar-refractivity contribution in [1.82, 2.24) is 9.97 Å². The number of aromatic amines is 1. The van der Waals surface area contributed by atoms with E-state index in [1.54, 1.807) is 13.2 Å². The molecule has 0 aliphatic heterocycles. The van der Waals surface area contributed by atoms with E-state index in [0.29, 0.717) is 29.5 Å². The third kappa shape index (κ3) is 4.15. The Bertz CT molecular complexity index is 1050. The Morgan fingerprint density at radius 1 is 1.33 bits per heavy atom. The molecular formula is C21H20BrN3O2. The summed E-state index contributed by atoms with van der Waals surface area (Å²) in [6.07, 6.45) is 2.68. The number of nitrogens with zero attached hydrogens (tertiary/aromatic N) is 2. The van der Waals surface area contributed by atoms with Crippen molar-refractivity contribution in [2.45, 2.75) is 20.3 Å². The van der Waals surface area contributed by atoms with Gasteiger partial charge in [0.25, 0.3) is 0 Å². The molecule has 1 aromatic heterocycles. The highest BCUT2D eigenvalue weighted by Crippen LogP contribution is 2.37. The molecule has 0 saturated carbocycles. The summed E-state index contributed by atoms with van der Waals surface area (Å²) >= 11 is 3.53. The molecule has 27 heavy (non-hydrogen) atoms. The summed E-state index contributed by atoms with van der Waals surface area (Å²) in [6, 6.07) is 11.9. The maximum atomic E-state index is 9.64. The Hall–Kier alpha value is -2.78. The number of methoxy groups -OCH3 is 1. The lowest BCUT2D eigenvalue weighted by molar-refractivity contribution is 0.292. The minimum Gasteiger partial charge on any atom is -0.493 e. The molecule has 2 aromatic carbocycles. The highest BCUT2D eigenvalue weighted by atomic mass is 79.9. The summed E-state index contributed by atoms with van der Waals surface area (Å²) < 4.78 is 12.0. The summed E-state index contributed by atoms with van der Waals surface area (Å²) in [7, 11) is 1.60. The lowest BCUT2D eigenvalue weighted by Gasteiger charge is -2.13. The van der Waals surface area contributed by atoms with Gasteiger partial charge in [-0.05, 0) is 70.7 Å². The number of aromatic nitrogens is 2. The van der Waals surface area contributed by atoms with Crippen LogP contribution in [0.2, 0.25) is 0 Å². The molecule has 3 aromatic rings. The van der Waals surface area contributed by atoms with E-state index in [1.165, 1.54) is 0 Å². The fourth-order valence-corrected chi connectivity index (χ4v) is 3.31. The van der Waals surface area contributed by atoms with E-state index in [-0.39, 0.29) is 0 Å². The Kier molecular flexibility index (Phi) is 5.82. The number of hydrogen-bond donors (Lipinski definition) is 1. The van der Waals surface area contributed by atoms with Crippen molar-refractivity contribution in [2.24, 2.45) is 0 Å². The Morgan fingerprint density at radius 3 is 2.85 bits per heavy atom. The molecular weight excluding hydrogens is 406 g/mol. The number of nitriles is 1. The van der Waals surface area contributed by atoms with E-state index in [9.17, 15) is 5.26 Å². The van der Waals surface area contributed by atoms with Crippen molar-refractivity contribution in [3.63, 3.8) is 0 Å². The third-order valence-corrected chi connectivity index (χ3v) is 4.62. The normalized spacial score (nSPS) is 11.4. The second-order valence-electron chi connectivity index (χ2n) is 6.16. The highest BCUT2D eigenvalue weighted by Gasteiger charge is 2.13. The van der Waals surface area contributed by atoms with Crippen molar-refractivity contribution < 1.29 is 9.47 Å². The van der Waals surface area contributed by atoms with Crippen molar-refractivity contribution in [3.8, 4) is 17.6 Å². The number of H-pyrrole nitrogens is 1. The monoisotopic (exact) mass is 425 g/mol. The SMILES string of the molecule is CCCOc1c(Br)cc(C=C(C#N)c2nc3ccc(C)cc3[nH]2)cc1OC. The molecule has 0 bridgehead atoms. The quantitative estimate of drug-likeness (QED) is 0.529. The number of halogens is 1. The van der Waals surface area contributed by atoms with Crippen LogP contribution in [0.4, 0.5) is 0 Å². The maximum Gasteiger partial charge on any atom is 0.175 e. The van der Waals surface area contributed by atoms with Gasteiger partial charge in [0.2, 0.25) is 0 Å². The molecule has 0 radical (unpaired) electrons. The zero-order valence-electron chi connectivity index (χ0n) is 15.5. The maximum absolute atomic E-state index is 9.64. The molecule has 0 saturated heterocycles. The van der Waals surface area contributed by atoms with Gasteiger partial charge in [0.05, 0.1) is 34.8 Å². The van der Waals surface area contributed by atoms with Gasteiger partial charge in [0, 0.05) is 0 Å². The number of imidazole rings is 1. The predicted octanol–water partition coefficient (Wildman–Crippen LogP) is 5.50. The van der Waals surface area contributed by atoms with Gasteiger partial charge >= 0.3 is 0 Å². The lowest BCUT2D eigenvalue weighted by Crippen LogP contribution is -1.99. The number of allylic oxidation sites excluding steroid dienone is 1. The number of hydrogen-bond acceptors (Lipinski definition) is 4. The summed E-state index contributed by atoms with van der Waals surface area (Å²) in [5.41, 5.74) is 4.14. The van der Waals surface area contributed by atoms with Gasteiger partial charge in [-0.25, -0.2) is 4.98 Å². The molecule has 0 aliphatic carbocycles. The number of rotatable bonds is 6. The second kappa shape index (κ2) is 8.28. The van der Waals surface area contributed by atoms with Gasteiger partial charge < -0.3 is 14.5 Å². The molecule has 6 heteroatoms. The topological polar surface area (TPSA) is 70.9 Å². The van der Waals surface area contributed by atoms with Crippen LogP contribution >= 0.6 is 15.9 Å². The second-order valence-corrected chi connectivity index (χ2v) is 7.01. The molecule has 1 heterocycles. The summed E-state index contributed by atoms with van der Waals surface area (Å²) in [4.78, 5) is 7.75. The van der Waals surface area contributed by atoms with Gasteiger partial charge in [-0.3, -0.25) is 0 Å². The third-order valence-electron chi connectivity index (χ3n) is 4.03. The molecule has 0 aliphatic rings. The van der Waals surface area contributed by atoms with Crippen LogP contribution in [0.1, 0.15) is 30.3 Å². The van der Waals surface area contributed by atoms with Crippen LogP contribution in [0.25, 0.3) is 22.7 Å². The van der Waals surface area contributed by atoms with E-state index in [2.05, 4.69) is 32.0 Å². The summed E-state index contributed by atoms with van der Waals surface area (Å²) in [5, 5.41) is 9.64. The molecule has 0 spiro atoms. The van der Waals surface area contributed by atoms with E-state index in [4.69, 9.17) is 9.47 Å². The van der Waals surface area contributed by atoms with E-state index in [0.717, 1.165) is 33.1 Å². The largest absolute Gasteiger partial charge is 0.493 e. The zero-order chi connectivity index (χ0) is 19.4. The average molecular weight is 426 g/mol. The zero-order valence-corrected chi connectivity index (χ0v) is 17.1. The minimum atomic E-state index is 0.444. The smallest absolute Gasteiger partial charge is 0.175 e. The fourth-order valence-electron chi connectivity index (χ4n) is 2.74. The summed E-state index contributed by atoms with van der Waals surface area (Å²) in [5.74, 6) is 1.82. The van der Waals surface area contributed by atoms with E-state index >= 15 is 0 Å². The molecule has 0 amide bonds. The van der Waals surface area contributed by atoms with Crippen molar-refractivity contribution in [2.75, 3.05) is 13.7 Å². The van der Waals surface area contributed by atoms with Crippen LogP contribution < -0.4 is 9.47 Å². The van der Waals surface area contributed by atoms with Gasteiger partial charge in [-0.1, -0.05) is 13.0 Å². The van der Waals surface area contributed by atoms with Crippen molar-refractivity contribution in [1.29, 1.82) is 5.26 Å². The number of fused-ring (bicyclic) bond motifs is 1. The molecule has 5 nitrogen and oxygen atoms in total. The van der Waals surface area contributed by atoms with Crippen molar-refractivity contribution in [3.05, 3.63) is 51.8 Å². The molecule has 138 valence electrons. The summed E-state index contributed by atoms with van der Waals surface area (Å²) in [6.45, 7) is 4.67. The number of aryl methyl sites for hydroxylation is 1. The van der Waals surface area contributed by atoms with Crippen LogP contribution in [0.5, 0.6) is 11.5 Å². The molecule has 0 atom stereocenters. The predicted molar refractivity (Wildman–Crippen MR) is 111 cm³/mol. The first kappa shape index (κ1) is 19.0. The molecule has 3 rings (SSSR count). The van der Waals surface area contributed by atoms with Gasteiger partial charge in [0.1, 0.15) is 11.9 Å². The van der Waals surface area contributed by atoms with Crippen LogP contribution in [0.3, 0.4) is 0 Å². The van der Waals surface area contributed by atoms with Crippen LogP contribution in [0, 0.1) is 18.3 Å². The average Bonchev–Trinajstić information content (AvgIpc) is 3.07. The van der Waals surface area contributed by atoms with Crippen LogP contribution in [0.15, 0.2) is 34.8 Å². The molecule has 1 N–H and O–H groups in total. The number of benzene rings is 2. The van der Waals surface area contributed by atoms with Crippen molar-refractivity contribution >= 4 is 38.6 Å². The van der Waals surface area contributed by atoms with Gasteiger partial charge in [0.15, 0.2) is 11.5 Å². The Balaban J connectivity index is 2.02. The number of nitrogens with one attached hydrogen (secondary N) is 1. The molecule has 0 unspecified atom stereocenters. The fraction of sp³-hybridized carbons (Fsp3) is 0.238. The Morgan fingerprint density at radius 2 is 2.15 bits per heavy atom. The van der Waals surface area contributed by atoms with E-state index in [1.807, 2.05) is 44.2 Å². The minimum absolute atomic E-state index is 0.444. The first-order chi connectivity index (χ1) is 13.0. The first-order valence-electron chi connectivity index (χ1n) is 8.64. The Labute approximate surface area is 166 Å². The van der Waals surface area contributed by atoms with Crippen LogP contribution in [-0.4, -0.2) is 23.7 Å². The lowest BCUT2D eigenvalue weighted by atomic mass is 10.1.